The van der Waals surface area contributed by atoms with Gasteiger partial charge in [0.1, 0.15) is 0 Å². The Balaban J connectivity index is 2.36. The maximum atomic E-state index is 11.4. The van der Waals surface area contributed by atoms with Crippen LogP contribution in [-0.2, 0) is 14.8 Å². The smallest absolute Gasteiger partial charge is 0.221 e. The Morgan fingerprint density at radius 2 is 2.19 bits per heavy atom. The second-order valence-corrected chi connectivity index (χ2v) is 5.98. The molecule has 0 radical (unpaired) electrons. The number of sulfonamides is 1. The summed E-state index contributed by atoms with van der Waals surface area (Å²) in [6.45, 7) is 3.95. The molecule has 0 unspecified atom stereocenters. The van der Waals surface area contributed by atoms with Crippen LogP contribution in [0.5, 0.6) is 0 Å². The van der Waals surface area contributed by atoms with Gasteiger partial charge in [-0.05, 0) is 12.8 Å². The normalized spacial score (nSPS) is 16.1. The van der Waals surface area contributed by atoms with E-state index in [1.165, 1.54) is 10.4 Å². The molecule has 0 heterocycles. The van der Waals surface area contributed by atoms with Gasteiger partial charge in [-0.25, -0.2) is 8.42 Å². The van der Waals surface area contributed by atoms with Crippen molar-refractivity contribution in [3.05, 3.63) is 12.7 Å². The second kappa shape index (κ2) is 5.45. The summed E-state index contributed by atoms with van der Waals surface area (Å²) in [7, 11) is -3.25. The van der Waals surface area contributed by atoms with Gasteiger partial charge in [-0.1, -0.05) is 6.08 Å². The minimum absolute atomic E-state index is 0.0831. The van der Waals surface area contributed by atoms with E-state index in [4.69, 9.17) is 0 Å². The fourth-order valence-corrected chi connectivity index (χ4v) is 2.09. The number of rotatable bonds is 7. The third kappa shape index (κ3) is 4.76. The van der Waals surface area contributed by atoms with E-state index >= 15 is 0 Å². The van der Waals surface area contributed by atoms with Gasteiger partial charge in [0.15, 0.2) is 0 Å². The number of nitrogens with zero attached hydrogens (tertiary/aromatic N) is 1. The van der Waals surface area contributed by atoms with Crippen molar-refractivity contribution >= 4 is 15.9 Å². The fraction of sp³-hybridized carbons (Fsp3) is 0.700. The summed E-state index contributed by atoms with van der Waals surface area (Å²) in [4.78, 5) is 11.4. The van der Waals surface area contributed by atoms with Crippen molar-refractivity contribution in [2.45, 2.75) is 25.3 Å². The molecule has 1 aliphatic rings. The molecule has 92 valence electrons. The molecule has 1 aliphatic carbocycles. The Kier molecular flexibility index (Phi) is 4.49. The van der Waals surface area contributed by atoms with Crippen molar-refractivity contribution in [1.82, 2.24) is 9.62 Å². The van der Waals surface area contributed by atoms with Crippen molar-refractivity contribution in [2.75, 3.05) is 19.3 Å². The maximum Gasteiger partial charge on any atom is 0.221 e. The summed E-state index contributed by atoms with van der Waals surface area (Å²) < 4.78 is 23.9. The van der Waals surface area contributed by atoms with Crippen molar-refractivity contribution in [3.63, 3.8) is 0 Å². The van der Waals surface area contributed by atoms with Crippen molar-refractivity contribution in [2.24, 2.45) is 0 Å². The first-order valence-corrected chi connectivity index (χ1v) is 7.13. The molecule has 1 amide bonds. The lowest BCUT2D eigenvalue weighted by molar-refractivity contribution is -0.121. The summed E-state index contributed by atoms with van der Waals surface area (Å²) >= 11 is 0. The van der Waals surface area contributed by atoms with Crippen LogP contribution in [0.25, 0.3) is 0 Å². The highest BCUT2D eigenvalue weighted by Crippen LogP contribution is 2.18. The van der Waals surface area contributed by atoms with Crippen molar-refractivity contribution < 1.29 is 13.2 Å². The molecule has 0 saturated heterocycles. The van der Waals surface area contributed by atoms with E-state index in [-0.39, 0.29) is 25.4 Å². The quantitative estimate of drug-likeness (QED) is 0.648. The Hall–Kier alpha value is -0.880. The van der Waals surface area contributed by atoms with Crippen molar-refractivity contribution in [1.29, 1.82) is 0 Å². The highest BCUT2D eigenvalue weighted by atomic mass is 32.2. The number of amides is 1. The molecule has 0 bridgehead atoms. The molecular formula is C10H18N2O3S. The number of nitrogens with one attached hydrogen (secondary N) is 1. The molecule has 0 aliphatic heterocycles. The van der Waals surface area contributed by atoms with Crippen molar-refractivity contribution in [3.8, 4) is 0 Å². The van der Waals surface area contributed by atoms with Gasteiger partial charge in [0.05, 0.1) is 6.26 Å². The van der Waals surface area contributed by atoms with Gasteiger partial charge in [0, 0.05) is 25.6 Å². The molecule has 1 saturated carbocycles. The lowest BCUT2D eigenvalue weighted by Gasteiger charge is -2.17. The van der Waals surface area contributed by atoms with Crippen LogP contribution in [-0.4, -0.2) is 44.0 Å². The van der Waals surface area contributed by atoms with Gasteiger partial charge in [-0.3, -0.25) is 4.79 Å². The van der Waals surface area contributed by atoms with Crippen LogP contribution >= 0.6 is 0 Å². The van der Waals surface area contributed by atoms with E-state index in [1.807, 2.05) is 0 Å². The summed E-state index contributed by atoms with van der Waals surface area (Å²) in [5.41, 5.74) is 0. The molecule has 0 spiro atoms. The van der Waals surface area contributed by atoms with E-state index in [0.717, 1.165) is 19.1 Å². The topological polar surface area (TPSA) is 66.5 Å². The second-order valence-electron chi connectivity index (χ2n) is 4.00. The highest BCUT2D eigenvalue weighted by Gasteiger charge is 2.24. The van der Waals surface area contributed by atoms with Gasteiger partial charge < -0.3 is 5.32 Å². The number of carbonyl (C=O) groups is 1. The van der Waals surface area contributed by atoms with Gasteiger partial charge in [-0.2, -0.15) is 4.31 Å². The molecule has 1 N–H and O–H groups in total. The standard InChI is InChI=1S/C10H18N2O3S/c1-3-7-12(16(2,14)15)8-6-10(13)11-9-4-5-9/h3,9H,1,4-8H2,2H3,(H,11,13). The van der Waals surface area contributed by atoms with E-state index in [0.29, 0.717) is 6.04 Å². The summed E-state index contributed by atoms with van der Waals surface area (Å²) in [6.07, 6.45) is 4.93. The SMILES string of the molecule is C=CCN(CCC(=O)NC1CC1)S(C)(=O)=O. The molecule has 0 atom stereocenters. The van der Waals surface area contributed by atoms with E-state index in [9.17, 15) is 13.2 Å². The number of hydrogen-bond acceptors (Lipinski definition) is 3. The summed E-state index contributed by atoms with van der Waals surface area (Å²) in [5.74, 6) is -0.0831. The Labute approximate surface area is 96.6 Å². The zero-order chi connectivity index (χ0) is 12.2. The Bertz CT molecular complexity index is 360. The first kappa shape index (κ1) is 13.2. The average molecular weight is 246 g/mol. The molecule has 1 rings (SSSR count). The van der Waals surface area contributed by atoms with Crippen LogP contribution in [0.15, 0.2) is 12.7 Å². The molecule has 1 fully saturated rings. The molecule has 0 aromatic rings. The number of hydrogen-bond donors (Lipinski definition) is 1. The van der Waals surface area contributed by atoms with Gasteiger partial charge in [-0.15, -0.1) is 6.58 Å². The van der Waals surface area contributed by atoms with Crippen LogP contribution in [0, 0.1) is 0 Å². The maximum absolute atomic E-state index is 11.4. The highest BCUT2D eigenvalue weighted by molar-refractivity contribution is 7.88. The lowest BCUT2D eigenvalue weighted by Crippen LogP contribution is -2.35. The third-order valence-corrected chi connectivity index (χ3v) is 3.60. The van der Waals surface area contributed by atoms with Crippen LogP contribution < -0.4 is 5.32 Å². The minimum atomic E-state index is -3.25. The predicted octanol–water partition coefficient (Wildman–Crippen LogP) is 0.103. The van der Waals surface area contributed by atoms with E-state index in [2.05, 4.69) is 11.9 Å². The summed E-state index contributed by atoms with van der Waals surface area (Å²) in [5, 5.41) is 2.82. The molecule has 6 heteroatoms. The molecule has 0 aromatic heterocycles. The van der Waals surface area contributed by atoms with Crippen LogP contribution in [0.4, 0.5) is 0 Å². The average Bonchev–Trinajstić information content (AvgIpc) is 2.94. The van der Waals surface area contributed by atoms with E-state index in [1.54, 1.807) is 0 Å². The molecule has 16 heavy (non-hydrogen) atoms. The molecule has 5 nitrogen and oxygen atoms in total. The zero-order valence-electron chi connectivity index (χ0n) is 9.48. The lowest BCUT2D eigenvalue weighted by atomic mass is 10.4. The Morgan fingerprint density at radius 3 is 2.62 bits per heavy atom. The summed E-state index contributed by atoms with van der Waals surface area (Å²) in [6, 6.07) is 0.318. The van der Waals surface area contributed by atoms with Gasteiger partial charge in [0.2, 0.25) is 15.9 Å². The van der Waals surface area contributed by atoms with Crippen LogP contribution in [0.1, 0.15) is 19.3 Å². The monoisotopic (exact) mass is 246 g/mol. The minimum Gasteiger partial charge on any atom is -0.353 e. The van der Waals surface area contributed by atoms with Gasteiger partial charge in [0.25, 0.3) is 0 Å². The first-order valence-electron chi connectivity index (χ1n) is 5.29. The third-order valence-electron chi connectivity index (χ3n) is 2.33. The van der Waals surface area contributed by atoms with E-state index < -0.39 is 10.0 Å². The van der Waals surface area contributed by atoms with Gasteiger partial charge >= 0.3 is 0 Å². The first-order chi connectivity index (χ1) is 7.43. The fourth-order valence-electron chi connectivity index (χ4n) is 1.29. The largest absolute Gasteiger partial charge is 0.353 e. The molecule has 0 aromatic carbocycles. The van der Waals surface area contributed by atoms with Crippen LogP contribution in [0.2, 0.25) is 0 Å². The predicted molar refractivity (Wildman–Crippen MR) is 62.4 cm³/mol. The Morgan fingerprint density at radius 1 is 1.56 bits per heavy atom. The molecular weight excluding hydrogens is 228 g/mol. The number of carbonyl (C=O) groups excluding carboxylic acids is 1. The zero-order valence-corrected chi connectivity index (χ0v) is 10.3. The van der Waals surface area contributed by atoms with Crippen LogP contribution in [0.3, 0.4) is 0 Å².